The van der Waals surface area contributed by atoms with Gasteiger partial charge in [0.15, 0.2) is 0 Å². The predicted molar refractivity (Wildman–Crippen MR) is 548 cm³/mol. The van der Waals surface area contributed by atoms with Crippen LogP contribution in [0.1, 0.15) is 51.2 Å². The average molecular weight is 1300 g/mol. The summed E-state index contributed by atoms with van der Waals surface area (Å²) >= 11 is 0. The normalized spacial score (nSPS) is 12.9. The van der Waals surface area contributed by atoms with Gasteiger partial charge in [-0.1, -0.05) is 19.6 Å². The molecule has 0 unspecified atom stereocenters. The molecule has 4 aliphatic heterocycles. The molecule has 0 bridgehead atoms. The van der Waals surface area contributed by atoms with Crippen LogP contribution in [0, 0.1) is 0 Å². The second kappa shape index (κ2) is 48.8. The molecule has 2 aromatic carbocycles. The molecule has 66 radical (unpaired) electrons. The fourth-order valence-corrected chi connectivity index (χ4v) is 16.2. The number of nitrogens with one attached hydrogen (secondary N) is 1. The monoisotopic (exact) mass is 1320 g/mol. The zero-order valence-corrected chi connectivity index (χ0v) is 62.1. The molecule has 0 saturated heterocycles. The van der Waals surface area contributed by atoms with Gasteiger partial charge >= 0.3 is 12.2 Å². The van der Waals surface area contributed by atoms with Gasteiger partial charge < -0.3 is 18.9 Å². The van der Waals surface area contributed by atoms with Crippen molar-refractivity contribution in [2.45, 2.75) is 40.0 Å². The summed E-state index contributed by atoms with van der Waals surface area (Å²) in [4.78, 5) is 33.5. The number of hydrogen-bond acceptors (Lipinski definition) is 8. The molecule has 0 fully saturated rings. The summed E-state index contributed by atoms with van der Waals surface area (Å²) in [7, 11) is 222. The minimum atomic E-state index is -1.60. The van der Waals surface area contributed by atoms with Crippen LogP contribution in [0.15, 0.2) is 82.1 Å². The molecule has 4 heterocycles. The number of carbonyl (C=O) groups is 2. The number of nitrogens with zero attached hydrogens (tertiary/aromatic N) is 3. The SMILES string of the molecule is C.CCN(C(=O)OC)c1ccc2c(c1)/C(=C/C1=CCC=N1)CCO2.COC(=O)Nc1ccc2c(c1)/C(=C/C1=CCC=N1)CCO2.[B]B([B])B([B])B(B([B])[B])B(B(B([B])[B])B([B])[B])B(B(B(B([B])[B])B([B])[B])B(B([B])[B])B([B])[B])B(B(B(B([B])[B])B([B])[B])B(B([B])[B])B([B])[B])B(B(B([B])[B])B([B])[B])B(B([B])[B])B([B])[B]. The second-order valence-corrected chi connectivity index (χ2v) is 28.0. The number of hydrogen-bond donors (Lipinski definition) is 1. The highest BCUT2D eigenvalue weighted by atomic mass is 16.5. The Labute approximate surface area is 711 Å². The van der Waals surface area contributed by atoms with E-state index in [1.165, 1.54) is 19.8 Å². The summed E-state index contributed by atoms with van der Waals surface area (Å²) in [6, 6.07) is 11.3. The molecule has 4 aliphatic rings. The zero-order valence-electron chi connectivity index (χ0n) is 62.1. The Hall–Kier alpha value is -0.964. The maximum Gasteiger partial charge on any atom is 0.413 e. The van der Waals surface area contributed by atoms with E-state index < -0.39 is 204 Å². The van der Waals surface area contributed by atoms with Gasteiger partial charge in [0.2, 0.25) is 0 Å². The number of methoxy groups -OCH3 is 2. The Morgan fingerprint density at radius 1 is 0.413 bits per heavy atom. The van der Waals surface area contributed by atoms with Gasteiger partial charge in [0, 0.05) is 520 Å². The van der Waals surface area contributed by atoms with E-state index in [4.69, 9.17) is 270 Å². The lowest BCUT2D eigenvalue weighted by atomic mass is 8.22. The first-order chi connectivity index (χ1) is 50.5. The molecule has 10 nitrogen and oxygen atoms in total. The van der Waals surface area contributed by atoms with Crippen molar-refractivity contribution in [2.24, 2.45) is 9.98 Å². The molecular formula is C35H40B64N4O6. The number of ether oxygens (including phenoxy) is 4. The minimum absolute atomic E-state index is 0. The number of allylic oxidation sites excluding steroid dienone is 4. The van der Waals surface area contributed by atoms with Crippen molar-refractivity contribution in [3.05, 3.63) is 83.2 Å². The molecule has 0 atom stereocenters. The van der Waals surface area contributed by atoms with Crippen LogP contribution < -0.4 is 19.7 Å². The number of fused-ring (bicyclic) bond motifs is 2. The molecule has 2 aromatic rings. The minimum Gasteiger partial charge on any atom is -0.493 e. The molecule has 0 saturated carbocycles. The van der Waals surface area contributed by atoms with Gasteiger partial charge in [-0.2, -0.15) is 0 Å². The molecule has 428 valence electrons. The van der Waals surface area contributed by atoms with E-state index in [-0.39, 0.29) is 13.5 Å². The summed E-state index contributed by atoms with van der Waals surface area (Å²) in [6.07, 6.45) is -31.3. The summed E-state index contributed by atoms with van der Waals surface area (Å²) < 4.78 is 20.9. The van der Waals surface area contributed by atoms with Crippen LogP contribution in [0.4, 0.5) is 21.0 Å². The molecule has 6 rings (SSSR count). The molecule has 0 aromatic heterocycles. The quantitative estimate of drug-likeness (QED) is 0.0688. The zero-order chi connectivity index (χ0) is 81.8. The first-order valence-electron chi connectivity index (χ1n) is 35.6. The number of amides is 2. The van der Waals surface area contributed by atoms with Crippen molar-refractivity contribution in [3.63, 3.8) is 0 Å². The van der Waals surface area contributed by atoms with E-state index in [9.17, 15) is 9.59 Å². The third-order valence-corrected chi connectivity index (χ3v) is 20.7. The van der Waals surface area contributed by atoms with Gasteiger partial charge in [-0.3, -0.25) is 20.2 Å². The lowest BCUT2D eigenvalue weighted by molar-refractivity contribution is 0.179. The second-order valence-electron chi connectivity index (χ2n) is 28.0. The smallest absolute Gasteiger partial charge is 0.413 e. The van der Waals surface area contributed by atoms with Gasteiger partial charge in [0.05, 0.1) is 38.8 Å². The van der Waals surface area contributed by atoms with Crippen molar-refractivity contribution in [3.8, 4) is 11.5 Å². The van der Waals surface area contributed by atoms with E-state index in [0.717, 1.165) is 71.0 Å². The standard InChI is InChI=1S/C18H20N2O3.C16H16N2O3.CH4.B64/c1-3-20(18(21)22-2)15-6-7-17-16(12-15)13(8-10-23-17)11-14-5-4-9-19-14;1-20-16(19)18-13-4-5-15-14(10-13)11(6-8-21-15)9-12-3-2-7-17-12;;1-34(2)50(33)58(49(31)32)62(57(47(27)28)48(29)30)64(61(55(43(19)20)44(21)22)56(45(23)24)46(25)26)63(59(51(35(3)4)36(5)6)52(37(7)8)38(9)10)60(53(39(11)12)40(13)14)54(41(15)16)42(17)18/h5-7,9,11-12H,3-4,8,10H2,1-2H3;3-5,7,9-10H,2,6,8H2,1H3,(H,18,19);1H4;/b13-11+;11-9+;;. The highest BCUT2D eigenvalue weighted by molar-refractivity contribution is 8.38. The molecule has 2 amide bonds. The third kappa shape index (κ3) is 28.1. The number of anilines is 2. The highest BCUT2D eigenvalue weighted by Crippen LogP contribution is 2.38. The molecule has 0 aliphatic carbocycles. The summed E-state index contributed by atoms with van der Waals surface area (Å²) in [5.74, 6) is 1.67. The van der Waals surface area contributed by atoms with Gasteiger partial charge in [0.1, 0.15) is 11.5 Å². The van der Waals surface area contributed by atoms with Gasteiger partial charge in [0.25, 0.3) is 0 Å². The van der Waals surface area contributed by atoms with Gasteiger partial charge in [-0.15, -0.1) is 0 Å². The topological polar surface area (TPSA) is 111 Å². The summed E-state index contributed by atoms with van der Waals surface area (Å²) in [5, 5.41) is 2.67. The Kier molecular flexibility index (Phi) is 45.8. The van der Waals surface area contributed by atoms with Crippen LogP contribution in [0.5, 0.6) is 11.5 Å². The predicted octanol–water partition coefficient (Wildman–Crippen LogP) is -16.5. The van der Waals surface area contributed by atoms with Crippen LogP contribution in [0.2, 0.25) is 0 Å². The maximum atomic E-state index is 11.9. The number of benzene rings is 2. The fraction of sp³-hybridized carbons (Fsp3) is 0.314. The van der Waals surface area contributed by atoms with E-state index in [0.29, 0.717) is 25.4 Å². The highest BCUT2D eigenvalue weighted by Gasteiger charge is 2.63. The number of carbonyl (C=O) groups excluding carboxylic acids is 2. The Morgan fingerprint density at radius 2 is 0.706 bits per heavy atom. The maximum absolute atomic E-state index is 11.9. The van der Waals surface area contributed by atoms with Crippen molar-refractivity contribution in [2.75, 3.05) is 44.2 Å². The van der Waals surface area contributed by atoms with E-state index in [2.05, 4.69) is 44.3 Å². The Bertz CT molecular complexity index is 3150. The number of rotatable bonds is 35. The van der Waals surface area contributed by atoms with Crippen molar-refractivity contribution in [1.29, 1.82) is 0 Å². The summed E-state index contributed by atoms with van der Waals surface area (Å²) in [5.41, 5.74) is 7.79. The fourth-order valence-electron chi connectivity index (χ4n) is 16.2. The van der Waals surface area contributed by atoms with Crippen LogP contribution in [0.25, 0.3) is 11.1 Å². The van der Waals surface area contributed by atoms with Gasteiger partial charge in [-0.05, 0) is 66.6 Å². The number of aliphatic imine (C=N–C) groups is 2. The van der Waals surface area contributed by atoms with Crippen LogP contribution >= 0.6 is 0 Å². The first-order valence-corrected chi connectivity index (χ1v) is 35.6. The summed E-state index contributed by atoms with van der Waals surface area (Å²) in [6.45, 7) is 3.77. The van der Waals surface area contributed by atoms with E-state index in [1.54, 1.807) is 11.0 Å². The van der Waals surface area contributed by atoms with Crippen LogP contribution in [0.3, 0.4) is 0 Å². The van der Waals surface area contributed by atoms with Crippen molar-refractivity contribution < 1.29 is 28.5 Å². The Balaban J connectivity index is 0.000000542. The molecule has 74 heteroatoms. The molecule has 1 N–H and O–H groups in total. The van der Waals surface area contributed by atoms with Crippen LogP contribution in [-0.4, -0.2) is 512 Å². The molecule has 109 heavy (non-hydrogen) atoms. The molecular weight excluding hydrogens is 1260 g/mol. The third-order valence-electron chi connectivity index (χ3n) is 20.7. The van der Waals surface area contributed by atoms with Gasteiger partial charge in [-0.25, -0.2) is 9.59 Å². The van der Waals surface area contributed by atoms with E-state index >= 15 is 0 Å². The van der Waals surface area contributed by atoms with E-state index in [1.807, 2.05) is 49.7 Å². The largest absolute Gasteiger partial charge is 0.493 e. The lowest BCUT2D eigenvalue weighted by Crippen LogP contribution is -2.97. The Morgan fingerprint density at radius 3 is 0.972 bits per heavy atom. The van der Waals surface area contributed by atoms with Crippen LogP contribution in [-0.2, 0) is 9.47 Å². The first kappa shape index (κ1) is 102. The average Bonchev–Trinajstić information content (AvgIpc) is 0.901. The lowest BCUT2D eigenvalue weighted by Gasteiger charge is -2.59. The molecule has 0 spiro atoms. The van der Waals surface area contributed by atoms with Crippen molar-refractivity contribution >= 4 is 500 Å². The van der Waals surface area contributed by atoms with Crippen molar-refractivity contribution in [1.82, 2.24) is 0 Å².